The zero-order valence-electron chi connectivity index (χ0n) is 12.6. The Hall–Kier alpha value is -1.53. The van der Waals surface area contributed by atoms with Crippen LogP contribution in [0.5, 0.6) is 0 Å². The number of halogens is 2. The normalized spacial score (nSPS) is 13.8. The number of amides is 1. The molecule has 0 aromatic heterocycles. The van der Waals surface area contributed by atoms with E-state index < -0.39 is 23.8 Å². The number of hydrogen-bond acceptors (Lipinski definition) is 3. The van der Waals surface area contributed by atoms with E-state index in [-0.39, 0.29) is 18.0 Å². The summed E-state index contributed by atoms with van der Waals surface area (Å²) >= 11 is 0. The van der Waals surface area contributed by atoms with Gasteiger partial charge in [-0.2, -0.15) is 0 Å². The molecule has 0 aliphatic rings. The molecule has 0 heterocycles. The molecule has 2 N–H and O–H groups in total. The van der Waals surface area contributed by atoms with Crippen LogP contribution in [0.4, 0.5) is 8.78 Å². The monoisotopic (exact) mass is 300 g/mol. The van der Waals surface area contributed by atoms with Crippen molar-refractivity contribution in [3.05, 3.63) is 35.4 Å². The number of carbonyl (C=O) groups is 1. The number of carbonyl (C=O) groups excluding carboxylic acids is 1. The minimum atomic E-state index is -1.01. The van der Waals surface area contributed by atoms with Gasteiger partial charge in [0.15, 0.2) is 11.6 Å². The molecule has 0 bridgehead atoms. The molecule has 0 saturated heterocycles. The van der Waals surface area contributed by atoms with Crippen LogP contribution in [0.15, 0.2) is 18.2 Å². The Labute approximate surface area is 123 Å². The van der Waals surface area contributed by atoms with Gasteiger partial charge in [0.2, 0.25) is 5.91 Å². The van der Waals surface area contributed by atoms with E-state index in [1.54, 1.807) is 11.8 Å². The predicted molar refractivity (Wildman–Crippen MR) is 76.7 cm³/mol. The molecule has 0 aliphatic carbocycles. The summed E-state index contributed by atoms with van der Waals surface area (Å²) in [6, 6.07) is 2.79. The van der Waals surface area contributed by atoms with Crippen LogP contribution < -0.4 is 5.32 Å². The third-order valence-electron chi connectivity index (χ3n) is 3.39. The van der Waals surface area contributed by atoms with E-state index in [9.17, 15) is 18.7 Å². The van der Waals surface area contributed by atoms with Crippen LogP contribution in [0.25, 0.3) is 0 Å². The summed E-state index contributed by atoms with van der Waals surface area (Å²) in [6.45, 7) is 6.81. The molecule has 0 saturated carbocycles. The first kappa shape index (κ1) is 17.5. The predicted octanol–water partition coefficient (Wildman–Crippen LogP) is 1.84. The summed E-state index contributed by atoms with van der Waals surface area (Å²) in [4.78, 5) is 13.7. The largest absolute Gasteiger partial charge is 0.387 e. The molecule has 1 aromatic carbocycles. The van der Waals surface area contributed by atoms with E-state index in [1.165, 1.54) is 6.07 Å². The third kappa shape index (κ3) is 4.75. The van der Waals surface area contributed by atoms with Crippen LogP contribution in [-0.2, 0) is 4.79 Å². The molecular formula is C15H22F2N2O2. The summed E-state index contributed by atoms with van der Waals surface area (Å²) in [5, 5.41) is 12.8. The van der Waals surface area contributed by atoms with E-state index in [1.807, 2.05) is 13.8 Å². The minimum absolute atomic E-state index is 0.0579. The molecule has 0 radical (unpaired) electrons. The van der Waals surface area contributed by atoms with Crippen LogP contribution in [-0.4, -0.2) is 41.6 Å². The highest BCUT2D eigenvalue weighted by Crippen LogP contribution is 2.15. The maximum Gasteiger partial charge on any atom is 0.239 e. The Morgan fingerprint density at radius 3 is 2.43 bits per heavy atom. The Balaban J connectivity index is 2.57. The van der Waals surface area contributed by atoms with Gasteiger partial charge in [0.25, 0.3) is 0 Å². The number of rotatable bonds is 7. The molecule has 118 valence electrons. The molecule has 1 aromatic rings. The lowest BCUT2D eigenvalue weighted by Crippen LogP contribution is -2.45. The van der Waals surface area contributed by atoms with E-state index in [4.69, 9.17) is 0 Å². The van der Waals surface area contributed by atoms with Gasteiger partial charge in [-0.15, -0.1) is 0 Å². The van der Waals surface area contributed by atoms with Gasteiger partial charge in [0, 0.05) is 19.6 Å². The van der Waals surface area contributed by atoms with Crippen molar-refractivity contribution >= 4 is 5.91 Å². The van der Waals surface area contributed by atoms with Gasteiger partial charge in [-0.3, -0.25) is 4.79 Å². The Morgan fingerprint density at radius 2 is 1.90 bits per heavy atom. The number of nitrogens with one attached hydrogen (secondary N) is 1. The van der Waals surface area contributed by atoms with Gasteiger partial charge in [0.05, 0.1) is 12.1 Å². The number of nitrogens with zero attached hydrogens (tertiary/aromatic N) is 1. The van der Waals surface area contributed by atoms with Crippen LogP contribution in [0.1, 0.15) is 32.4 Å². The van der Waals surface area contributed by atoms with Gasteiger partial charge >= 0.3 is 0 Å². The molecule has 1 rings (SSSR count). The van der Waals surface area contributed by atoms with Gasteiger partial charge in [-0.05, 0) is 38.5 Å². The summed E-state index contributed by atoms with van der Waals surface area (Å²) in [6.07, 6.45) is -1.01. The molecule has 1 amide bonds. The van der Waals surface area contributed by atoms with Crippen LogP contribution in [0, 0.1) is 11.6 Å². The smallest absolute Gasteiger partial charge is 0.239 e. The Kier molecular flexibility index (Phi) is 6.71. The minimum Gasteiger partial charge on any atom is -0.387 e. The number of benzene rings is 1. The van der Waals surface area contributed by atoms with Crippen LogP contribution in [0.3, 0.4) is 0 Å². The molecule has 6 heteroatoms. The van der Waals surface area contributed by atoms with Gasteiger partial charge < -0.3 is 15.3 Å². The highest BCUT2D eigenvalue weighted by molar-refractivity contribution is 5.81. The quantitative estimate of drug-likeness (QED) is 0.808. The fraction of sp³-hybridized carbons (Fsp3) is 0.533. The Morgan fingerprint density at radius 1 is 1.29 bits per heavy atom. The second-order valence-corrected chi connectivity index (χ2v) is 4.83. The van der Waals surface area contributed by atoms with Gasteiger partial charge in [-0.25, -0.2) is 8.78 Å². The lowest BCUT2D eigenvalue weighted by molar-refractivity contribution is -0.132. The summed E-state index contributed by atoms with van der Waals surface area (Å²) in [7, 11) is 0. The summed E-state index contributed by atoms with van der Waals surface area (Å²) < 4.78 is 25.9. The second-order valence-electron chi connectivity index (χ2n) is 4.83. The first-order valence-corrected chi connectivity index (χ1v) is 7.05. The van der Waals surface area contributed by atoms with Crippen LogP contribution in [0.2, 0.25) is 0 Å². The van der Waals surface area contributed by atoms with Gasteiger partial charge in [-0.1, -0.05) is 6.07 Å². The maximum absolute atomic E-state index is 13.1. The SMILES string of the molecule is CCN(CC)C(=O)C(C)NCC(O)c1ccc(F)c(F)c1. The molecular weight excluding hydrogens is 278 g/mol. The number of aliphatic hydroxyl groups is 1. The van der Waals surface area contributed by atoms with Crippen molar-refractivity contribution in [2.45, 2.75) is 32.9 Å². The number of likely N-dealkylation sites (N-methyl/N-ethyl adjacent to an activating group) is 1. The zero-order valence-corrected chi connectivity index (χ0v) is 12.6. The van der Waals surface area contributed by atoms with Crippen molar-refractivity contribution in [3.8, 4) is 0 Å². The zero-order chi connectivity index (χ0) is 16.0. The Bertz CT molecular complexity index is 479. The van der Waals surface area contributed by atoms with Crippen molar-refractivity contribution in [2.24, 2.45) is 0 Å². The summed E-state index contributed by atoms with van der Waals surface area (Å²) in [5.74, 6) is -2.01. The summed E-state index contributed by atoms with van der Waals surface area (Å²) in [5.41, 5.74) is 0.267. The standard InChI is InChI=1S/C15H22F2N2O2/c1-4-19(5-2)15(21)10(3)18-9-14(20)11-6-7-12(16)13(17)8-11/h6-8,10,14,18,20H,4-5,9H2,1-3H3. The first-order valence-electron chi connectivity index (χ1n) is 7.05. The van der Waals surface area contributed by atoms with Gasteiger partial charge in [0.1, 0.15) is 0 Å². The second kappa shape index (κ2) is 8.05. The molecule has 2 atom stereocenters. The molecule has 4 nitrogen and oxygen atoms in total. The van der Waals surface area contributed by atoms with Crippen molar-refractivity contribution in [1.29, 1.82) is 0 Å². The van der Waals surface area contributed by atoms with E-state index >= 15 is 0 Å². The lowest BCUT2D eigenvalue weighted by Gasteiger charge is -2.24. The first-order chi connectivity index (χ1) is 9.90. The van der Waals surface area contributed by atoms with Crippen molar-refractivity contribution in [2.75, 3.05) is 19.6 Å². The topological polar surface area (TPSA) is 52.6 Å². The average Bonchev–Trinajstić information content (AvgIpc) is 2.48. The molecule has 0 fully saturated rings. The molecule has 0 spiro atoms. The van der Waals surface area contributed by atoms with E-state index in [0.717, 1.165) is 12.1 Å². The maximum atomic E-state index is 13.1. The van der Waals surface area contributed by atoms with E-state index in [0.29, 0.717) is 13.1 Å². The molecule has 21 heavy (non-hydrogen) atoms. The molecule has 0 aliphatic heterocycles. The highest BCUT2D eigenvalue weighted by atomic mass is 19.2. The third-order valence-corrected chi connectivity index (χ3v) is 3.39. The average molecular weight is 300 g/mol. The number of hydrogen-bond donors (Lipinski definition) is 2. The van der Waals surface area contributed by atoms with Crippen LogP contribution >= 0.6 is 0 Å². The van der Waals surface area contributed by atoms with Crippen molar-refractivity contribution in [3.63, 3.8) is 0 Å². The fourth-order valence-corrected chi connectivity index (χ4v) is 2.02. The van der Waals surface area contributed by atoms with E-state index in [2.05, 4.69) is 5.32 Å². The number of aliphatic hydroxyl groups excluding tert-OH is 1. The fourth-order valence-electron chi connectivity index (χ4n) is 2.02. The lowest BCUT2D eigenvalue weighted by atomic mass is 10.1. The van der Waals surface area contributed by atoms with Crippen molar-refractivity contribution < 1.29 is 18.7 Å². The molecule has 2 unspecified atom stereocenters. The van der Waals surface area contributed by atoms with Crippen molar-refractivity contribution in [1.82, 2.24) is 10.2 Å². The highest BCUT2D eigenvalue weighted by Gasteiger charge is 2.19.